The van der Waals surface area contributed by atoms with Gasteiger partial charge in [0.1, 0.15) is 5.76 Å². The molecule has 0 saturated carbocycles. The lowest BCUT2D eigenvalue weighted by Crippen LogP contribution is -2.29. The van der Waals surface area contributed by atoms with Gasteiger partial charge in [-0.1, -0.05) is 72.6 Å². The first-order valence-electron chi connectivity index (χ1n) is 10.4. The molecule has 0 spiro atoms. The molecular formula is C26H21Cl2NO4. The highest BCUT2D eigenvalue weighted by Crippen LogP contribution is 2.43. The summed E-state index contributed by atoms with van der Waals surface area (Å²) in [5.74, 6) is -1.61. The Bertz CT molecular complexity index is 1230. The van der Waals surface area contributed by atoms with Gasteiger partial charge in [0.2, 0.25) is 0 Å². The second-order valence-corrected chi connectivity index (χ2v) is 8.39. The molecule has 4 rings (SSSR count). The van der Waals surface area contributed by atoms with Gasteiger partial charge in [0.25, 0.3) is 11.7 Å². The van der Waals surface area contributed by atoms with Crippen molar-refractivity contribution in [2.45, 2.75) is 19.4 Å². The van der Waals surface area contributed by atoms with Crippen LogP contribution in [0.3, 0.4) is 0 Å². The number of nitrogens with zero attached hydrogens (tertiary/aromatic N) is 1. The average molecular weight is 482 g/mol. The Balaban J connectivity index is 1.92. The third kappa shape index (κ3) is 4.10. The van der Waals surface area contributed by atoms with Gasteiger partial charge in [-0.15, -0.1) is 0 Å². The largest absolute Gasteiger partial charge is 0.507 e. The minimum absolute atomic E-state index is 0.0388. The normalized spacial score (nSPS) is 17.5. The lowest BCUT2D eigenvalue weighted by atomic mass is 9.95. The van der Waals surface area contributed by atoms with E-state index in [1.807, 2.05) is 49.4 Å². The number of aliphatic hydroxyl groups excluding tert-OH is 1. The molecule has 1 amide bonds. The molecule has 0 aliphatic carbocycles. The number of aliphatic hydroxyl groups is 1. The Labute approximate surface area is 201 Å². The summed E-state index contributed by atoms with van der Waals surface area (Å²) in [6.45, 7) is 2.04. The fourth-order valence-corrected chi connectivity index (χ4v) is 4.63. The van der Waals surface area contributed by atoms with E-state index >= 15 is 0 Å². The molecule has 1 heterocycles. The van der Waals surface area contributed by atoms with Crippen LogP contribution in [0.2, 0.25) is 10.0 Å². The molecule has 1 N–H and O–H groups in total. The monoisotopic (exact) mass is 481 g/mol. The maximum atomic E-state index is 13.2. The summed E-state index contributed by atoms with van der Waals surface area (Å²) < 4.78 is 5.17. The third-order valence-corrected chi connectivity index (χ3v) is 6.22. The zero-order valence-corrected chi connectivity index (χ0v) is 19.5. The molecule has 0 aromatic heterocycles. The molecule has 5 nitrogen and oxygen atoms in total. The predicted molar refractivity (Wildman–Crippen MR) is 130 cm³/mol. The van der Waals surface area contributed by atoms with E-state index in [4.69, 9.17) is 27.9 Å². The van der Waals surface area contributed by atoms with Gasteiger partial charge < -0.3 is 9.84 Å². The van der Waals surface area contributed by atoms with Gasteiger partial charge in [0, 0.05) is 11.3 Å². The second kappa shape index (κ2) is 9.30. The Morgan fingerprint density at radius 3 is 2.15 bits per heavy atom. The van der Waals surface area contributed by atoms with Crippen molar-refractivity contribution in [3.05, 3.63) is 99.0 Å². The number of amides is 1. The van der Waals surface area contributed by atoms with Crippen molar-refractivity contribution in [3.63, 3.8) is 0 Å². The second-order valence-electron chi connectivity index (χ2n) is 7.57. The number of carbonyl (C=O) groups is 2. The maximum Gasteiger partial charge on any atom is 0.300 e. The van der Waals surface area contributed by atoms with Crippen LogP contribution in [0.1, 0.15) is 29.7 Å². The molecule has 0 bridgehead atoms. The van der Waals surface area contributed by atoms with Crippen LogP contribution in [-0.2, 0) is 16.0 Å². The number of benzene rings is 3. The average Bonchev–Trinajstić information content (AvgIpc) is 3.09. The van der Waals surface area contributed by atoms with Crippen molar-refractivity contribution in [2.24, 2.45) is 0 Å². The molecule has 1 atom stereocenters. The van der Waals surface area contributed by atoms with Crippen LogP contribution in [0.4, 0.5) is 5.69 Å². The van der Waals surface area contributed by atoms with Gasteiger partial charge in [-0.3, -0.25) is 14.5 Å². The lowest BCUT2D eigenvalue weighted by Gasteiger charge is -2.25. The zero-order valence-electron chi connectivity index (χ0n) is 18.0. The van der Waals surface area contributed by atoms with E-state index in [1.165, 1.54) is 24.1 Å². The predicted octanol–water partition coefficient (Wildman–Crippen LogP) is 6.19. The number of halogens is 2. The standard InChI is InChI=1S/C26H21Cl2NO4/c1-3-15-9-11-18(12-10-15)29-22(16-7-5-4-6-8-16)21(24(31)26(29)32)23(30)17-13-19(27)25(33-2)20(28)14-17/h4-14,22,30H,3H2,1-2H3/b23-21+. The summed E-state index contributed by atoms with van der Waals surface area (Å²) in [7, 11) is 1.43. The van der Waals surface area contributed by atoms with E-state index in [1.54, 1.807) is 12.1 Å². The maximum absolute atomic E-state index is 13.2. The van der Waals surface area contributed by atoms with Crippen molar-refractivity contribution in [2.75, 3.05) is 12.0 Å². The molecule has 1 aliphatic heterocycles. The highest BCUT2D eigenvalue weighted by atomic mass is 35.5. The first-order chi connectivity index (χ1) is 15.9. The summed E-state index contributed by atoms with van der Waals surface area (Å²) in [6, 6.07) is 18.6. The number of hydrogen-bond donors (Lipinski definition) is 1. The summed E-state index contributed by atoms with van der Waals surface area (Å²) in [4.78, 5) is 27.8. The van der Waals surface area contributed by atoms with Crippen molar-refractivity contribution >= 4 is 46.3 Å². The molecule has 168 valence electrons. The number of hydrogen-bond acceptors (Lipinski definition) is 4. The van der Waals surface area contributed by atoms with E-state index in [0.29, 0.717) is 11.3 Å². The first kappa shape index (κ1) is 22.9. The van der Waals surface area contributed by atoms with Crippen LogP contribution in [-0.4, -0.2) is 23.9 Å². The Kier molecular flexibility index (Phi) is 6.45. The third-order valence-electron chi connectivity index (χ3n) is 5.66. The number of ether oxygens (including phenoxy) is 1. The van der Waals surface area contributed by atoms with Crippen molar-refractivity contribution in [1.82, 2.24) is 0 Å². The van der Waals surface area contributed by atoms with Crippen LogP contribution >= 0.6 is 23.2 Å². The fraction of sp³-hybridized carbons (Fsp3) is 0.154. The number of ketones is 1. The Morgan fingerprint density at radius 2 is 1.61 bits per heavy atom. The fourth-order valence-electron chi connectivity index (χ4n) is 3.99. The summed E-state index contributed by atoms with van der Waals surface area (Å²) >= 11 is 12.5. The van der Waals surface area contributed by atoms with Crippen molar-refractivity contribution in [3.8, 4) is 5.75 Å². The molecule has 3 aromatic rings. The van der Waals surface area contributed by atoms with E-state index in [9.17, 15) is 14.7 Å². The van der Waals surface area contributed by atoms with Gasteiger partial charge in [0.05, 0.1) is 28.8 Å². The molecule has 7 heteroatoms. The Morgan fingerprint density at radius 1 is 1.00 bits per heavy atom. The molecule has 1 unspecified atom stereocenters. The van der Waals surface area contributed by atoms with E-state index in [-0.39, 0.29) is 32.7 Å². The molecule has 1 aliphatic rings. The lowest BCUT2D eigenvalue weighted by molar-refractivity contribution is -0.132. The minimum atomic E-state index is -0.821. The van der Waals surface area contributed by atoms with Crippen LogP contribution < -0.4 is 9.64 Å². The number of aryl methyl sites for hydroxylation is 1. The minimum Gasteiger partial charge on any atom is -0.507 e. The van der Waals surface area contributed by atoms with Crippen LogP contribution in [0.5, 0.6) is 5.75 Å². The van der Waals surface area contributed by atoms with Gasteiger partial charge in [-0.2, -0.15) is 0 Å². The summed E-state index contributed by atoms with van der Waals surface area (Å²) in [5.41, 5.74) is 2.53. The highest BCUT2D eigenvalue weighted by Gasteiger charge is 2.47. The SMILES string of the molecule is CCc1ccc(N2C(=O)C(=O)/C(=C(/O)c3cc(Cl)c(OC)c(Cl)c3)C2c2ccccc2)cc1. The van der Waals surface area contributed by atoms with Crippen LogP contribution in [0.15, 0.2) is 72.3 Å². The zero-order chi connectivity index (χ0) is 23.7. The smallest absolute Gasteiger partial charge is 0.300 e. The van der Waals surface area contributed by atoms with E-state index < -0.39 is 17.7 Å². The van der Waals surface area contributed by atoms with Gasteiger partial charge in [-0.25, -0.2) is 0 Å². The van der Waals surface area contributed by atoms with Gasteiger partial charge >= 0.3 is 0 Å². The van der Waals surface area contributed by atoms with Gasteiger partial charge in [-0.05, 0) is 41.8 Å². The quantitative estimate of drug-likeness (QED) is 0.268. The van der Waals surface area contributed by atoms with Crippen molar-refractivity contribution < 1.29 is 19.4 Å². The number of rotatable bonds is 5. The molecule has 1 fully saturated rings. The van der Waals surface area contributed by atoms with Crippen molar-refractivity contribution in [1.29, 1.82) is 0 Å². The topological polar surface area (TPSA) is 66.8 Å². The first-order valence-corrected chi connectivity index (χ1v) is 11.1. The molecule has 0 radical (unpaired) electrons. The molecule has 3 aromatic carbocycles. The van der Waals surface area contributed by atoms with E-state index in [2.05, 4.69) is 0 Å². The van der Waals surface area contributed by atoms with Crippen LogP contribution in [0.25, 0.3) is 5.76 Å². The number of Topliss-reactive ketones (excluding diaryl/α,β-unsaturated/α-hetero) is 1. The number of carbonyl (C=O) groups excluding carboxylic acids is 2. The summed E-state index contributed by atoms with van der Waals surface area (Å²) in [5, 5.41) is 11.6. The molecule has 33 heavy (non-hydrogen) atoms. The highest BCUT2D eigenvalue weighted by molar-refractivity contribution is 6.51. The van der Waals surface area contributed by atoms with E-state index in [0.717, 1.165) is 12.0 Å². The molecular weight excluding hydrogens is 461 g/mol. The molecule has 1 saturated heterocycles. The van der Waals surface area contributed by atoms with Gasteiger partial charge in [0.15, 0.2) is 5.75 Å². The number of methoxy groups -OCH3 is 1. The number of anilines is 1. The Hall–Kier alpha value is -3.28. The van der Waals surface area contributed by atoms with Crippen LogP contribution in [0, 0.1) is 0 Å². The summed E-state index contributed by atoms with van der Waals surface area (Å²) in [6.07, 6.45) is 0.847.